The maximum atomic E-state index is 12.9. The number of hydrogen-bond donors (Lipinski definition) is 0. The van der Waals surface area contributed by atoms with E-state index in [-0.39, 0.29) is 5.95 Å². The summed E-state index contributed by atoms with van der Waals surface area (Å²) in [5.41, 5.74) is 0.543. The standard InChI is InChI=1S/C15H19F3N6/c1-11-9-13(15(16,17)18)21-14(20-11)24-7-5-23(6-8-24)10-12-3-4-19-22(12)2/h3-4,9H,5-8,10H2,1-2H3. The minimum atomic E-state index is -4.45. The second-order valence-electron chi connectivity index (χ2n) is 5.90. The summed E-state index contributed by atoms with van der Waals surface area (Å²) in [6, 6.07) is 2.94. The molecule has 0 amide bonds. The van der Waals surface area contributed by atoms with E-state index >= 15 is 0 Å². The monoisotopic (exact) mass is 340 g/mol. The van der Waals surface area contributed by atoms with Gasteiger partial charge < -0.3 is 4.90 Å². The molecule has 0 aromatic carbocycles. The first-order chi connectivity index (χ1) is 11.3. The van der Waals surface area contributed by atoms with Gasteiger partial charge in [-0.15, -0.1) is 0 Å². The summed E-state index contributed by atoms with van der Waals surface area (Å²) in [4.78, 5) is 11.9. The molecule has 1 fully saturated rings. The number of halogens is 3. The second kappa shape index (κ2) is 6.39. The Morgan fingerprint density at radius 1 is 1.12 bits per heavy atom. The predicted molar refractivity (Wildman–Crippen MR) is 82.5 cm³/mol. The van der Waals surface area contributed by atoms with Crippen molar-refractivity contribution < 1.29 is 13.2 Å². The Kier molecular flexibility index (Phi) is 4.44. The number of hydrogen-bond acceptors (Lipinski definition) is 5. The van der Waals surface area contributed by atoms with Gasteiger partial charge in [-0.2, -0.15) is 18.3 Å². The number of anilines is 1. The molecule has 0 spiro atoms. The molecule has 3 rings (SSSR count). The number of alkyl halides is 3. The highest BCUT2D eigenvalue weighted by atomic mass is 19.4. The van der Waals surface area contributed by atoms with Crippen LogP contribution in [-0.4, -0.2) is 50.8 Å². The fraction of sp³-hybridized carbons (Fsp3) is 0.533. The summed E-state index contributed by atoms with van der Waals surface area (Å²) < 4.78 is 40.5. The van der Waals surface area contributed by atoms with Gasteiger partial charge in [-0.3, -0.25) is 9.58 Å². The molecule has 2 aromatic heterocycles. The van der Waals surface area contributed by atoms with Crippen LogP contribution in [0.4, 0.5) is 19.1 Å². The molecule has 3 heterocycles. The van der Waals surface area contributed by atoms with Crippen LogP contribution in [0.1, 0.15) is 17.1 Å². The molecule has 130 valence electrons. The molecule has 9 heteroatoms. The van der Waals surface area contributed by atoms with Crippen LogP contribution in [0.15, 0.2) is 18.3 Å². The van der Waals surface area contributed by atoms with E-state index in [2.05, 4.69) is 20.0 Å². The average molecular weight is 340 g/mol. The van der Waals surface area contributed by atoms with Crippen molar-refractivity contribution in [1.29, 1.82) is 0 Å². The Labute approximate surface area is 137 Å². The average Bonchev–Trinajstić information content (AvgIpc) is 2.92. The smallest absolute Gasteiger partial charge is 0.338 e. The van der Waals surface area contributed by atoms with E-state index in [0.29, 0.717) is 18.8 Å². The Hall–Kier alpha value is -2.16. The molecule has 6 nitrogen and oxygen atoms in total. The lowest BCUT2D eigenvalue weighted by molar-refractivity contribution is -0.141. The summed E-state index contributed by atoms with van der Waals surface area (Å²) in [5, 5.41) is 4.14. The van der Waals surface area contributed by atoms with Gasteiger partial charge in [-0.05, 0) is 19.1 Å². The zero-order chi connectivity index (χ0) is 17.3. The van der Waals surface area contributed by atoms with E-state index < -0.39 is 11.9 Å². The maximum absolute atomic E-state index is 12.9. The van der Waals surface area contributed by atoms with Crippen molar-refractivity contribution in [2.75, 3.05) is 31.1 Å². The van der Waals surface area contributed by atoms with Crippen molar-refractivity contribution in [3.63, 3.8) is 0 Å². The molecule has 0 unspecified atom stereocenters. The summed E-state index contributed by atoms with van der Waals surface area (Å²) >= 11 is 0. The molecule has 0 N–H and O–H groups in total. The Morgan fingerprint density at radius 2 is 1.83 bits per heavy atom. The van der Waals surface area contributed by atoms with E-state index in [1.807, 2.05) is 22.7 Å². The van der Waals surface area contributed by atoms with Crippen molar-refractivity contribution in [2.24, 2.45) is 7.05 Å². The highest BCUT2D eigenvalue weighted by molar-refractivity contribution is 5.34. The van der Waals surface area contributed by atoms with Crippen LogP contribution < -0.4 is 4.90 Å². The highest BCUT2D eigenvalue weighted by Gasteiger charge is 2.34. The number of aryl methyl sites for hydroxylation is 2. The molecule has 0 atom stereocenters. The zero-order valence-corrected chi connectivity index (χ0v) is 13.6. The van der Waals surface area contributed by atoms with Crippen molar-refractivity contribution >= 4 is 5.95 Å². The molecule has 0 aliphatic carbocycles. The van der Waals surface area contributed by atoms with Crippen LogP contribution in [0.2, 0.25) is 0 Å². The normalized spacial score (nSPS) is 16.6. The van der Waals surface area contributed by atoms with Gasteiger partial charge >= 0.3 is 6.18 Å². The van der Waals surface area contributed by atoms with Gasteiger partial charge in [0.2, 0.25) is 5.95 Å². The topological polar surface area (TPSA) is 50.1 Å². The first kappa shape index (κ1) is 16.7. The van der Waals surface area contributed by atoms with E-state index in [0.717, 1.165) is 31.4 Å². The van der Waals surface area contributed by atoms with Crippen LogP contribution in [0.3, 0.4) is 0 Å². The summed E-state index contributed by atoms with van der Waals surface area (Å²) in [7, 11) is 1.89. The van der Waals surface area contributed by atoms with Crippen LogP contribution >= 0.6 is 0 Å². The van der Waals surface area contributed by atoms with Gasteiger partial charge in [0.15, 0.2) is 0 Å². The van der Waals surface area contributed by atoms with Crippen LogP contribution in [0.5, 0.6) is 0 Å². The number of rotatable bonds is 3. The van der Waals surface area contributed by atoms with Crippen LogP contribution in [0.25, 0.3) is 0 Å². The van der Waals surface area contributed by atoms with E-state index in [1.165, 1.54) is 0 Å². The molecule has 1 saturated heterocycles. The molecule has 1 aliphatic rings. The van der Waals surface area contributed by atoms with Gasteiger partial charge in [-0.1, -0.05) is 0 Å². The molecular formula is C15H19F3N6. The third-order valence-electron chi connectivity index (χ3n) is 4.10. The van der Waals surface area contributed by atoms with Crippen molar-refractivity contribution in [2.45, 2.75) is 19.6 Å². The first-order valence-electron chi connectivity index (χ1n) is 7.70. The Bertz CT molecular complexity index is 703. The molecule has 2 aromatic rings. The number of piperazine rings is 1. The highest BCUT2D eigenvalue weighted by Crippen LogP contribution is 2.29. The van der Waals surface area contributed by atoms with Crippen molar-refractivity contribution in [3.05, 3.63) is 35.4 Å². The lowest BCUT2D eigenvalue weighted by Gasteiger charge is -2.34. The fourth-order valence-electron chi connectivity index (χ4n) is 2.73. The van der Waals surface area contributed by atoms with Gasteiger partial charge in [-0.25, -0.2) is 9.97 Å². The van der Waals surface area contributed by atoms with Crippen molar-refractivity contribution in [3.8, 4) is 0 Å². The van der Waals surface area contributed by atoms with Crippen LogP contribution in [-0.2, 0) is 19.8 Å². The fourth-order valence-corrected chi connectivity index (χ4v) is 2.73. The molecular weight excluding hydrogens is 321 g/mol. The maximum Gasteiger partial charge on any atom is 0.433 e. The lowest BCUT2D eigenvalue weighted by Crippen LogP contribution is -2.47. The van der Waals surface area contributed by atoms with Gasteiger partial charge in [0.1, 0.15) is 5.69 Å². The molecule has 0 saturated carbocycles. The molecule has 0 radical (unpaired) electrons. The third kappa shape index (κ3) is 3.66. The Balaban J connectivity index is 1.66. The first-order valence-corrected chi connectivity index (χ1v) is 7.70. The largest absolute Gasteiger partial charge is 0.433 e. The zero-order valence-electron chi connectivity index (χ0n) is 13.6. The molecule has 1 aliphatic heterocycles. The Morgan fingerprint density at radius 3 is 2.42 bits per heavy atom. The van der Waals surface area contributed by atoms with Crippen molar-refractivity contribution in [1.82, 2.24) is 24.6 Å². The summed E-state index contributed by atoms with van der Waals surface area (Å²) in [5.74, 6) is 0.155. The lowest BCUT2D eigenvalue weighted by atomic mass is 10.3. The van der Waals surface area contributed by atoms with E-state index in [4.69, 9.17) is 0 Å². The summed E-state index contributed by atoms with van der Waals surface area (Å²) in [6.07, 6.45) is -2.70. The quantitative estimate of drug-likeness (QED) is 0.854. The molecule has 0 bridgehead atoms. The minimum absolute atomic E-state index is 0.155. The third-order valence-corrected chi connectivity index (χ3v) is 4.10. The number of nitrogens with zero attached hydrogens (tertiary/aromatic N) is 6. The second-order valence-corrected chi connectivity index (χ2v) is 5.90. The van der Waals surface area contributed by atoms with E-state index in [1.54, 1.807) is 13.1 Å². The SMILES string of the molecule is Cc1cc(C(F)(F)F)nc(N2CCN(Cc3ccnn3C)CC2)n1. The van der Waals surface area contributed by atoms with Gasteiger partial charge in [0.25, 0.3) is 0 Å². The van der Waals surface area contributed by atoms with Gasteiger partial charge in [0.05, 0.1) is 5.69 Å². The van der Waals surface area contributed by atoms with Crippen LogP contribution in [0, 0.1) is 6.92 Å². The number of aromatic nitrogens is 4. The van der Waals surface area contributed by atoms with Gasteiger partial charge in [0, 0.05) is 51.7 Å². The summed E-state index contributed by atoms with van der Waals surface area (Å²) in [6.45, 7) is 5.00. The predicted octanol–water partition coefficient (Wildman–Crippen LogP) is 1.86. The minimum Gasteiger partial charge on any atom is -0.338 e. The molecule has 24 heavy (non-hydrogen) atoms. The van der Waals surface area contributed by atoms with E-state index in [9.17, 15) is 13.2 Å².